The van der Waals surface area contributed by atoms with Gasteiger partial charge in [-0.2, -0.15) is 9.57 Å². The topological polar surface area (TPSA) is 164 Å². The maximum Gasteiger partial charge on any atom is 0.411 e. The van der Waals surface area contributed by atoms with Crippen LogP contribution in [0, 0.1) is 11.3 Å². The molecule has 1 unspecified atom stereocenters. The van der Waals surface area contributed by atoms with Crippen molar-refractivity contribution in [1.29, 1.82) is 5.26 Å². The van der Waals surface area contributed by atoms with Crippen molar-refractivity contribution in [3.63, 3.8) is 0 Å². The number of rotatable bonds is 9. The molecule has 49 heavy (non-hydrogen) atoms. The lowest BCUT2D eigenvalue weighted by atomic mass is 9.85. The molecule has 14 nitrogen and oxygen atoms in total. The summed E-state index contributed by atoms with van der Waals surface area (Å²) >= 11 is 0. The van der Waals surface area contributed by atoms with Crippen LogP contribution in [0.2, 0.25) is 0 Å². The van der Waals surface area contributed by atoms with E-state index in [4.69, 9.17) is 18.9 Å². The van der Waals surface area contributed by atoms with E-state index in [0.717, 1.165) is 0 Å². The number of amides is 2. The number of sulfonamides is 1. The van der Waals surface area contributed by atoms with Crippen molar-refractivity contribution in [2.45, 2.75) is 17.4 Å². The first-order valence-electron chi connectivity index (χ1n) is 15.3. The zero-order chi connectivity index (χ0) is 34.8. The molecule has 1 aromatic heterocycles. The number of benzene rings is 3. The molecule has 1 fully saturated rings. The minimum atomic E-state index is -4.74. The Morgan fingerprint density at radius 2 is 1.73 bits per heavy atom. The highest BCUT2D eigenvalue weighted by Gasteiger charge is 2.61. The third-order valence-corrected chi connectivity index (χ3v) is 10.1. The summed E-state index contributed by atoms with van der Waals surface area (Å²) in [5, 5.41) is 9.89. The third-order valence-electron chi connectivity index (χ3n) is 8.32. The molecule has 252 valence electrons. The summed E-state index contributed by atoms with van der Waals surface area (Å²) in [6.45, 7) is 3.16. The van der Waals surface area contributed by atoms with Crippen molar-refractivity contribution in [2.24, 2.45) is 0 Å². The van der Waals surface area contributed by atoms with E-state index in [1.54, 1.807) is 43.7 Å². The Morgan fingerprint density at radius 1 is 0.959 bits per heavy atom. The summed E-state index contributed by atoms with van der Waals surface area (Å²) in [7, 11) is -2.02. The van der Waals surface area contributed by atoms with Crippen molar-refractivity contribution in [3.8, 4) is 23.3 Å². The maximum atomic E-state index is 15.1. The van der Waals surface area contributed by atoms with E-state index in [-0.39, 0.29) is 58.5 Å². The fraction of sp³-hybridized carbons (Fsp3) is 0.265. The highest BCUT2D eigenvalue weighted by Crippen LogP contribution is 2.52. The van der Waals surface area contributed by atoms with Crippen LogP contribution in [0.15, 0.2) is 84.1 Å². The van der Waals surface area contributed by atoms with Gasteiger partial charge in [-0.3, -0.25) is 9.78 Å². The average Bonchev–Trinajstić information content (AvgIpc) is 3.39. The number of nitriles is 1. The van der Waals surface area contributed by atoms with E-state index >= 15 is 4.79 Å². The number of carbonyl (C=O) groups is 2. The second kappa shape index (κ2) is 13.3. The lowest BCUT2D eigenvalue weighted by Crippen LogP contribution is -2.53. The number of aromatic nitrogens is 2. The van der Waals surface area contributed by atoms with Crippen LogP contribution >= 0.6 is 0 Å². The summed E-state index contributed by atoms with van der Waals surface area (Å²) in [6.07, 6.45) is 3.91. The predicted molar refractivity (Wildman–Crippen MR) is 176 cm³/mol. The van der Waals surface area contributed by atoms with Gasteiger partial charge in [0.05, 0.1) is 49.9 Å². The van der Waals surface area contributed by atoms with Gasteiger partial charge in [0.15, 0.2) is 0 Å². The lowest BCUT2D eigenvalue weighted by molar-refractivity contribution is -0.132. The van der Waals surface area contributed by atoms with Gasteiger partial charge in [0.1, 0.15) is 28.0 Å². The Hall–Kier alpha value is -5.88. The monoisotopic (exact) mass is 684 g/mol. The van der Waals surface area contributed by atoms with Crippen LogP contribution in [0.5, 0.6) is 17.2 Å². The molecule has 0 N–H and O–H groups in total. The molecule has 3 heterocycles. The number of methoxy groups -OCH3 is 2. The van der Waals surface area contributed by atoms with E-state index in [2.05, 4.69) is 9.97 Å². The van der Waals surface area contributed by atoms with Gasteiger partial charge in [0, 0.05) is 50.2 Å². The Labute approximate surface area is 283 Å². The quantitative estimate of drug-likeness (QED) is 0.251. The average molecular weight is 685 g/mol. The number of ether oxygens (including phenoxy) is 4. The molecule has 1 atom stereocenters. The van der Waals surface area contributed by atoms with E-state index in [0.29, 0.717) is 29.0 Å². The number of fused-ring (bicyclic) bond motifs is 1. The van der Waals surface area contributed by atoms with Gasteiger partial charge in [0.2, 0.25) is 5.60 Å². The van der Waals surface area contributed by atoms with Crippen LogP contribution < -0.4 is 23.4 Å². The first kappa shape index (κ1) is 33.0. The molecule has 4 aromatic rings. The highest BCUT2D eigenvalue weighted by atomic mass is 32.2. The van der Waals surface area contributed by atoms with Crippen LogP contribution in [0.4, 0.5) is 16.3 Å². The Kier molecular flexibility index (Phi) is 8.98. The molecule has 2 amide bonds. The van der Waals surface area contributed by atoms with E-state index in [9.17, 15) is 18.5 Å². The zero-order valence-corrected chi connectivity index (χ0v) is 27.7. The molecule has 0 saturated carbocycles. The number of piperazine rings is 1. The summed E-state index contributed by atoms with van der Waals surface area (Å²) in [5.41, 5.74) is -2.30. The molecular formula is C34H32N6O8S. The van der Waals surface area contributed by atoms with Gasteiger partial charge in [-0.25, -0.2) is 18.2 Å². The van der Waals surface area contributed by atoms with Gasteiger partial charge >= 0.3 is 6.09 Å². The fourth-order valence-corrected chi connectivity index (χ4v) is 7.58. The molecular weight excluding hydrogens is 652 g/mol. The van der Waals surface area contributed by atoms with Crippen molar-refractivity contribution in [3.05, 3.63) is 95.9 Å². The molecule has 6 rings (SSSR count). The standard InChI is InChI=1S/C34H32N6O8S/c1-4-47-28-8-6-5-7-25(28)34(48-33(42)39-17-15-38(16-18-39)31-22-36-13-14-37-31)26-19-23(21-35)9-11-27(26)40(32(34)41)49(43,44)30-12-10-24(45-2)20-29(30)46-3/h5-14,19-20,22H,4,15-18H2,1-3H3. The highest BCUT2D eigenvalue weighted by molar-refractivity contribution is 7.93. The lowest BCUT2D eigenvalue weighted by Gasteiger charge is -2.37. The number of hydrogen-bond acceptors (Lipinski definition) is 12. The van der Waals surface area contributed by atoms with Crippen LogP contribution in [-0.4, -0.2) is 82.3 Å². The largest absolute Gasteiger partial charge is 0.497 e. The number of carbonyl (C=O) groups excluding carboxylic acids is 2. The minimum absolute atomic E-state index is 0.0219. The van der Waals surface area contributed by atoms with Gasteiger partial charge < -0.3 is 28.7 Å². The maximum absolute atomic E-state index is 15.1. The van der Waals surface area contributed by atoms with E-state index in [1.165, 1.54) is 61.6 Å². The van der Waals surface area contributed by atoms with Crippen LogP contribution in [-0.2, 0) is 25.2 Å². The number of hydrogen-bond donors (Lipinski definition) is 0. The van der Waals surface area contributed by atoms with Gasteiger partial charge in [0.25, 0.3) is 15.9 Å². The fourth-order valence-electron chi connectivity index (χ4n) is 5.98. The van der Waals surface area contributed by atoms with Gasteiger partial charge in [-0.1, -0.05) is 18.2 Å². The summed E-state index contributed by atoms with van der Waals surface area (Å²) in [5.74, 6) is -0.0118. The third kappa shape index (κ3) is 5.69. The molecule has 2 aliphatic rings. The summed E-state index contributed by atoms with van der Waals surface area (Å²) in [4.78, 5) is 40.7. The molecule has 0 spiro atoms. The van der Waals surface area contributed by atoms with Crippen LogP contribution in [0.25, 0.3) is 0 Å². The Bertz CT molecular complexity index is 2050. The summed E-state index contributed by atoms with van der Waals surface area (Å²) in [6, 6.07) is 16.6. The second-order valence-electron chi connectivity index (χ2n) is 11.0. The van der Waals surface area contributed by atoms with Crippen molar-refractivity contribution < 1.29 is 37.0 Å². The summed E-state index contributed by atoms with van der Waals surface area (Å²) < 4.78 is 52.5. The first-order valence-corrected chi connectivity index (χ1v) is 16.7. The Morgan fingerprint density at radius 3 is 2.41 bits per heavy atom. The molecule has 0 bridgehead atoms. The second-order valence-corrected chi connectivity index (χ2v) is 12.7. The van der Waals surface area contributed by atoms with Gasteiger partial charge in [-0.05, 0) is 43.3 Å². The molecule has 3 aromatic carbocycles. The number of para-hydroxylation sites is 1. The minimum Gasteiger partial charge on any atom is -0.497 e. The van der Waals surface area contributed by atoms with E-state index in [1.807, 2.05) is 11.0 Å². The molecule has 2 aliphatic heterocycles. The zero-order valence-electron chi connectivity index (χ0n) is 26.9. The predicted octanol–water partition coefficient (Wildman–Crippen LogP) is 3.70. The number of nitrogens with zero attached hydrogens (tertiary/aromatic N) is 6. The van der Waals surface area contributed by atoms with Crippen molar-refractivity contribution in [1.82, 2.24) is 14.9 Å². The van der Waals surface area contributed by atoms with Crippen LogP contribution in [0.3, 0.4) is 0 Å². The van der Waals surface area contributed by atoms with E-state index < -0.39 is 27.6 Å². The van der Waals surface area contributed by atoms with Crippen molar-refractivity contribution in [2.75, 3.05) is 56.2 Å². The first-order chi connectivity index (χ1) is 23.7. The molecule has 0 aliphatic carbocycles. The van der Waals surface area contributed by atoms with Gasteiger partial charge in [-0.15, -0.1) is 0 Å². The van der Waals surface area contributed by atoms with Crippen LogP contribution in [0.1, 0.15) is 23.6 Å². The molecule has 15 heteroatoms. The normalized spacial score (nSPS) is 17.3. The SMILES string of the molecule is CCOc1ccccc1C1(OC(=O)N2CCN(c3cnccn3)CC2)C(=O)N(S(=O)(=O)c2ccc(OC)cc2OC)c2ccc(C#N)cc21. The van der Waals surface area contributed by atoms with Crippen molar-refractivity contribution >= 4 is 33.5 Å². The molecule has 0 radical (unpaired) electrons. The number of anilines is 2. The molecule has 1 saturated heterocycles. The smallest absolute Gasteiger partial charge is 0.411 e. The Balaban J connectivity index is 1.49.